The molecule has 0 spiro atoms. The van der Waals surface area contributed by atoms with Crippen LogP contribution in [-0.4, -0.2) is 24.9 Å². The van der Waals surface area contributed by atoms with Gasteiger partial charge in [0.1, 0.15) is 0 Å². The molecule has 2 nitrogen and oxygen atoms in total. The van der Waals surface area contributed by atoms with Crippen LogP contribution in [0.5, 0.6) is 0 Å². The van der Waals surface area contributed by atoms with E-state index in [1.807, 2.05) is 12.3 Å². The van der Waals surface area contributed by atoms with E-state index >= 15 is 0 Å². The van der Waals surface area contributed by atoms with Crippen molar-refractivity contribution in [3.8, 4) is 0 Å². The van der Waals surface area contributed by atoms with Crippen molar-refractivity contribution in [1.29, 1.82) is 0 Å². The third-order valence-corrected chi connectivity index (χ3v) is 2.25. The first-order chi connectivity index (χ1) is 6.20. The van der Waals surface area contributed by atoms with Crippen LogP contribution in [0.1, 0.15) is 5.56 Å². The van der Waals surface area contributed by atoms with Crippen LogP contribution >= 0.6 is 0 Å². The molecule has 0 aromatic heterocycles. The third-order valence-electron chi connectivity index (χ3n) is 2.25. The van der Waals surface area contributed by atoms with Gasteiger partial charge in [-0.05, 0) is 12.1 Å². The zero-order valence-electron chi connectivity index (χ0n) is 7.94. The van der Waals surface area contributed by atoms with E-state index in [-0.39, 0.29) is 0 Å². The predicted molar refractivity (Wildman–Crippen MR) is 55.0 cm³/mol. The third kappa shape index (κ3) is 1.40. The lowest BCUT2D eigenvalue weighted by molar-refractivity contribution is -0.822. The molecule has 1 aliphatic rings. The largest absolute Gasteiger partial charge is 0.171 e. The van der Waals surface area contributed by atoms with Gasteiger partial charge in [0.25, 0.3) is 0 Å². The van der Waals surface area contributed by atoms with E-state index < -0.39 is 0 Å². The second-order valence-corrected chi connectivity index (χ2v) is 3.58. The molecule has 1 heterocycles. The summed E-state index contributed by atoms with van der Waals surface area (Å²) >= 11 is 0. The monoisotopic (exact) mass is 173 g/mol. The topological polar surface area (TPSA) is 12.4 Å². The van der Waals surface area contributed by atoms with Crippen molar-refractivity contribution in [2.45, 2.75) is 0 Å². The SMILES string of the molecule is C[N+]1(C)N=CC=C1c1ccccc1. The Morgan fingerprint density at radius 2 is 1.77 bits per heavy atom. The summed E-state index contributed by atoms with van der Waals surface area (Å²) in [5.41, 5.74) is 2.48. The van der Waals surface area contributed by atoms with E-state index in [0.717, 1.165) is 0 Å². The Bertz CT molecular complexity index is 361. The summed E-state index contributed by atoms with van der Waals surface area (Å²) in [5.74, 6) is 0. The molecule has 2 heteroatoms. The lowest BCUT2D eigenvalue weighted by Crippen LogP contribution is -2.28. The summed E-state index contributed by atoms with van der Waals surface area (Å²) in [6.45, 7) is 0. The standard InChI is InChI=1S/C11H13N2/c1-13(2)11(8-9-12-13)10-6-4-3-5-7-10/h3-9H,1-2H3/q+1. The predicted octanol–water partition coefficient (Wildman–Crippen LogP) is 2.10. The first-order valence-corrected chi connectivity index (χ1v) is 4.36. The van der Waals surface area contributed by atoms with Crippen LogP contribution in [0.4, 0.5) is 0 Å². The molecule has 0 N–H and O–H groups in total. The number of nitrogens with zero attached hydrogens (tertiary/aromatic N) is 2. The maximum Gasteiger partial charge on any atom is 0.167 e. The minimum atomic E-state index is 0.587. The van der Waals surface area contributed by atoms with E-state index in [9.17, 15) is 0 Å². The first-order valence-electron chi connectivity index (χ1n) is 4.36. The van der Waals surface area contributed by atoms with Crippen molar-refractivity contribution in [2.75, 3.05) is 14.1 Å². The summed E-state index contributed by atoms with van der Waals surface area (Å²) in [6, 6.07) is 10.4. The molecule has 0 saturated carbocycles. The van der Waals surface area contributed by atoms with Crippen LogP contribution < -0.4 is 0 Å². The fourth-order valence-electron chi connectivity index (χ4n) is 1.54. The van der Waals surface area contributed by atoms with E-state index in [4.69, 9.17) is 0 Å². The minimum Gasteiger partial charge on any atom is -0.171 e. The van der Waals surface area contributed by atoms with Gasteiger partial charge in [-0.2, -0.15) is 4.59 Å². The van der Waals surface area contributed by atoms with Gasteiger partial charge in [0.15, 0.2) is 5.70 Å². The highest BCUT2D eigenvalue weighted by molar-refractivity contribution is 5.84. The number of quaternary nitrogens is 1. The molecule has 0 bridgehead atoms. The second kappa shape index (κ2) is 2.82. The first kappa shape index (κ1) is 8.20. The molecule has 0 saturated heterocycles. The van der Waals surface area contributed by atoms with E-state index in [0.29, 0.717) is 4.59 Å². The normalized spacial score (nSPS) is 18.8. The summed E-state index contributed by atoms with van der Waals surface area (Å²) in [6.07, 6.45) is 3.93. The Labute approximate surface area is 78.4 Å². The Morgan fingerprint density at radius 3 is 2.31 bits per heavy atom. The smallest absolute Gasteiger partial charge is 0.167 e. The van der Waals surface area contributed by atoms with Crippen LogP contribution in [0.2, 0.25) is 0 Å². The van der Waals surface area contributed by atoms with Gasteiger partial charge in [0.2, 0.25) is 0 Å². The number of rotatable bonds is 1. The van der Waals surface area contributed by atoms with Crippen LogP contribution in [0.15, 0.2) is 41.5 Å². The molecule has 0 fully saturated rings. The lowest BCUT2D eigenvalue weighted by Gasteiger charge is -2.20. The van der Waals surface area contributed by atoms with Gasteiger partial charge < -0.3 is 0 Å². The van der Waals surface area contributed by atoms with Crippen molar-refractivity contribution in [3.63, 3.8) is 0 Å². The van der Waals surface area contributed by atoms with E-state index in [2.05, 4.69) is 49.5 Å². The van der Waals surface area contributed by atoms with Gasteiger partial charge in [-0.3, -0.25) is 0 Å². The van der Waals surface area contributed by atoms with Gasteiger partial charge >= 0.3 is 0 Å². The molecule has 0 unspecified atom stereocenters. The van der Waals surface area contributed by atoms with Gasteiger partial charge in [-0.1, -0.05) is 23.3 Å². The molecule has 0 amide bonds. The Morgan fingerprint density at radius 1 is 1.08 bits per heavy atom. The zero-order valence-corrected chi connectivity index (χ0v) is 7.94. The van der Waals surface area contributed by atoms with E-state index in [1.165, 1.54) is 11.3 Å². The molecule has 1 aromatic rings. The summed E-state index contributed by atoms with van der Waals surface area (Å²) in [5, 5.41) is 4.35. The van der Waals surface area contributed by atoms with Crippen molar-refractivity contribution < 1.29 is 4.59 Å². The van der Waals surface area contributed by atoms with Gasteiger partial charge in [0, 0.05) is 11.6 Å². The molecule has 1 aromatic carbocycles. The molecule has 0 radical (unpaired) electrons. The molecule has 13 heavy (non-hydrogen) atoms. The van der Waals surface area contributed by atoms with Gasteiger partial charge in [-0.15, -0.1) is 0 Å². The summed E-state index contributed by atoms with van der Waals surface area (Å²) in [4.78, 5) is 0. The fourth-order valence-corrected chi connectivity index (χ4v) is 1.54. The highest BCUT2D eigenvalue weighted by Crippen LogP contribution is 2.26. The van der Waals surface area contributed by atoms with Gasteiger partial charge in [-0.25, -0.2) is 0 Å². The lowest BCUT2D eigenvalue weighted by atomic mass is 10.1. The molecule has 0 aliphatic carbocycles. The van der Waals surface area contributed by atoms with Crippen molar-refractivity contribution in [2.24, 2.45) is 5.10 Å². The molecule has 1 aliphatic heterocycles. The molecule has 2 rings (SSSR count). The fraction of sp³-hybridized carbons (Fsp3) is 0.182. The van der Waals surface area contributed by atoms with E-state index in [1.54, 1.807) is 0 Å². The number of allylic oxidation sites excluding steroid dienone is 1. The molecule has 66 valence electrons. The second-order valence-electron chi connectivity index (χ2n) is 3.58. The van der Waals surface area contributed by atoms with Crippen LogP contribution in [0, 0.1) is 0 Å². The number of hydrogen-bond acceptors (Lipinski definition) is 1. The Hall–Kier alpha value is -1.41. The zero-order chi connectivity index (χ0) is 9.31. The Kier molecular flexibility index (Phi) is 1.78. The molecule has 0 atom stereocenters. The highest BCUT2D eigenvalue weighted by atomic mass is 15.6. The minimum absolute atomic E-state index is 0.587. The number of benzene rings is 1. The number of hydrogen-bond donors (Lipinski definition) is 0. The van der Waals surface area contributed by atoms with Gasteiger partial charge in [0.05, 0.1) is 20.3 Å². The Balaban J connectivity index is 2.40. The maximum absolute atomic E-state index is 4.35. The maximum atomic E-state index is 4.35. The average molecular weight is 173 g/mol. The quantitative estimate of drug-likeness (QED) is 0.577. The van der Waals surface area contributed by atoms with Crippen LogP contribution in [0.3, 0.4) is 0 Å². The van der Waals surface area contributed by atoms with Crippen molar-refractivity contribution in [1.82, 2.24) is 0 Å². The highest BCUT2D eigenvalue weighted by Gasteiger charge is 2.26. The van der Waals surface area contributed by atoms with Crippen molar-refractivity contribution in [3.05, 3.63) is 42.0 Å². The molecular weight excluding hydrogens is 160 g/mol. The van der Waals surface area contributed by atoms with Crippen LogP contribution in [-0.2, 0) is 0 Å². The average Bonchev–Trinajstić information content (AvgIpc) is 2.47. The summed E-state index contributed by atoms with van der Waals surface area (Å²) < 4.78 is 0.587. The van der Waals surface area contributed by atoms with Crippen molar-refractivity contribution >= 4 is 11.9 Å². The summed E-state index contributed by atoms with van der Waals surface area (Å²) in [7, 11) is 4.14. The van der Waals surface area contributed by atoms with Crippen LogP contribution in [0.25, 0.3) is 5.70 Å². The molecular formula is C11H13N2+.